The summed E-state index contributed by atoms with van der Waals surface area (Å²) >= 11 is 0. The highest BCUT2D eigenvalue weighted by molar-refractivity contribution is 5.89. The summed E-state index contributed by atoms with van der Waals surface area (Å²) in [5.74, 6) is -1.27. The Labute approximate surface area is 148 Å². The lowest BCUT2D eigenvalue weighted by atomic mass is 9.86. The first-order chi connectivity index (χ1) is 11.7. The number of primary amides is 1. The van der Waals surface area contributed by atoms with E-state index < -0.39 is 23.3 Å². The Hall–Kier alpha value is -1.71. The van der Waals surface area contributed by atoms with Gasteiger partial charge >= 0.3 is 0 Å². The minimum absolute atomic E-state index is 0.0445. The Bertz CT molecular complexity index is 423. The maximum Gasteiger partial charge on any atom is 0.243 e. The second-order valence-corrected chi connectivity index (χ2v) is 6.55. The van der Waals surface area contributed by atoms with Crippen molar-refractivity contribution in [2.24, 2.45) is 11.1 Å². The number of rotatable bonds is 13. The highest BCUT2D eigenvalue weighted by Crippen LogP contribution is 2.19. The fraction of sp³-hybridized carbons (Fsp3) is 0.812. The van der Waals surface area contributed by atoms with Gasteiger partial charge in [-0.05, 0) is 5.41 Å². The van der Waals surface area contributed by atoms with Crippen LogP contribution >= 0.6 is 0 Å². The summed E-state index contributed by atoms with van der Waals surface area (Å²) < 4.78 is 15.2. The van der Waals surface area contributed by atoms with Gasteiger partial charge in [0.25, 0.3) is 0 Å². The van der Waals surface area contributed by atoms with E-state index in [1.807, 2.05) is 20.8 Å². The van der Waals surface area contributed by atoms with E-state index in [0.29, 0.717) is 13.2 Å². The Morgan fingerprint density at radius 1 is 1.04 bits per heavy atom. The van der Waals surface area contributed by atoms with Crippen LogP contribution in [0.1, 0.15) is 33.6 Å². The van der Waals surface area contributed by atoms with Gasteiger partial charge in [0.15, 0.2) is 0 Å². The third kappa shape index (κ3) is 12.3. The summed E-state index contributed by atoms with van der Waals surface area (Å²) in [6.07, 6.45) is -0.0989. The molecular formula is C16H31N3O6. The first kappa shape index (κ1) is 23.3. The molecule has 0 bridgehead atoms. The lowest BCUT2D eigenvalue weighted by Crippen LogP contribution is -2.54. The first-order valence-corrected chi connectivity index (χ1v) is 8.18. The van der Waals surface area contributed by atoms with Gasteiger partial charge in [-0.1, -0.05) is 20.8 Å². The van der Waals surface area contributed by atoms with E-state index in [9.17, 15) is 14.4 Å². The van der Waals surface area contributed by atoms with Crippen LogP contribution < -0.4 is 16.4 Å². The molecule has 3 amide bonds. The van der Waals surface area contributed by atoms with Crippen molar-refractivity contribution in [3.8, 4) is 0 Å². The first-order valence-electron chi connectivity index (χ1n) is 8.18. The Morgan fingerprint density at radius 3 is 2.24 bits per heavy atom. The molecule has 0 aliphatic rings. The van der Waals surface area contributed by atoms with Crippen LogP contribution in [0, 0.1) is 5.41 Å². The minimum atomic E-state index is -0.731. The molecule has 0 fully saturated rings. The van der Waals surface area contributed by atoms with Crippen LogP contribution in [-0.4, -0.2) is 64.0 Å². The smallest absolute Gasteiger partial charge is 0.243 e. The number of methoxy groups -OCH3 is 1. The monoisotopic (exact) mass is 361 g/mol. The minimum Gasteiger partial charge on any atom is -0.382 e. The van der Waals surface area contributed by atoms with E-state index >= 15 is 0 Å². The fourth-order valence-corrected chi connectivity index (χ4v) is 1.81. The molecule has 9 nitrogen and oxygen atoms in total. The second kappa shape index (κ2) is 12.6. The van der Waals surface area contributed by atoms with Crippen molar-refractivity contribution < 1.29 is 28.6 Å². The van der Waals surface area contributed by atoms with Gasteiger partial charge in [0.05, 0.1) is 19.8 Å². The zero-order valence-electron chi connectivity index (χ0n) is 15.6. The van der Waals surface area contributed by atoms with E-state index in [1.165, 1.54) is 0 Å². The van der Waals surface area contributed by atoms with Gasteiger partial charge in [-0.25, -0.2) is 0 Å². The molecule has 1 atom stereocenters. The zero-order valence-corrected chi connectivity index (χ0v) is 15.6. The molecule has 146 valence electrons. The molecule has 0 spiro atoms. The van der Waals surface area contributed by atoms with Crippen LogP contribution in [0.25, 0.3) is 0 Å². The third-order valence-electron chi connectivity index (χ3n) is 3.18. The average molecular weight is 361 g/mol. The summed E-state index contributed by atoms with van der Waals surface area (Å²) in [7, 11) is 1.58. The summed E-state index contributed by atoms with van der Waals surface area (Å²) in [6.45, 7) is 7.13. The van der Waals surface area contributed by atoms with Crippen molar-refractivity contribution in [3.63, 3.8) is 0 Å². The Morgan fingerprint density at radius 2 is 1.68 bits per heavy atom. The number of nitrogens with two attached hydrogens (primary N) is 1. The standard InChI is InChI=1S/C16H31N3O6/c1-16(2,3)14(19-13(21)6-5-12(17)20)15(22)18-7-8-24-11-25-10-9-23-4/h14H,5-11H2,1-4H3,(H2,17,20)(H,18,22)(H,19,21)/t14-/m1/s1. The van der Waals surface area contributed by atoms with Crippen LogP contribution in [0.15, 0.2) is 0 Å². The fourth-order valence-electron chi connectivity index (χ4n) is 1.81. The lowest BCUT2D eigenvalue weighted by molar-refractivity contribution is -0.132. The summed E-state index contributed by atoms with van der Waals surface area (Å²) in [5, 5.41) is 5.36. The zero-order chi connectivity index (χ0) is 19.3. The molecule has 0 saturated carbocycles. The molecule has 0 heterocycles. The Kier molecular flexibility index (Phi) is 11.8. The number of hydrogen-bond acceptors (Lipinski definition) is 6. The van der Waals surface area contributed by atoms with E-state index in [4.69, 9.17) is 19.9 Å². The molecule has 0 aromatic heterocycles. The molecule has 4 N–H and O–H groups in total. The van der Waals surface area contributed by atoms with E-state index in [-0.39, 0.29) is 38.7 Å². The van der Waals surface area contributed by atoms with Gasteiger partial charge in [0, 0.05) is 26.5 Å². The number of carbonyl (C=O) groups is 3. The second-order valence-electron chi connectivity index (χ2n) is 6.55. The lowest BCUT2D eigenvalue weighted by Gasteiger charge is -2.30. The quantitative estimate of drug-likeness (QED) is 0.301. The van der Waals surface area contributed by atoms with Crippen molar-refractivity contribution in [2.45, 2.75) is 39.7 Å². The van der Waals surface area contributed by atoms with Crippen LogP contribution in [0.3, 0.4) is 0 Å². The van der Waals surface area contributed by atoms with Crippen molar-refractivity contribution in [1.29, 1.82) is 0 Å². The van der Waals surface area contributed by atoms with Gasteiger partial charge < -0.3 is 30.6 Å². The molecule has 9 heteroatoms. The maximum absolute atomic E-state index is 12.3. The van der Waals surface area contributed by atoms with Gasteiger partial charge in [-0.3, -0.25) is 14.4 Å². The summed E-state index contributed by atoms with van der Waals surface area (Å²) in [4.78, 5) is 34.9. The number of hydrogen-bond donors (Lipinski definition) is 3. The molecule has 0 aromatic carbocycles. The number of amides is 3. The van der Waals surface area contributed by atoms with Gasteiger partial charge in [0.1, 0.15) is 12.8 Å². The molecule has 0 aromatic rings. The third-order valence-corrected chi connectivity index (χ3v) is 3.18. The summed E-state index contributed by atoms with van der Waals surface area (Å²) in [6, 6.07) is -0.731. The van der Waals surface area contributed by atoms with Crippen LogP contribution in [0.4, 0.5) is 0 Å². The van der Waals surface area contributed by atoms with Crippen molar-refractivity contribution in [2.75, 3.05) is 40.3 Å². The molecule has 0 rings (SSSR count). The van der Waals surface area contributed by atoms with Crippen molar-refractivity contribution in [3.05, 3.63) is 0 Å². The highest BCUT2D eigenvalue weighted by atomic mass is 16.7. The van der Waals surface area contributed by atoms with Crippen LogP contribution in [-0.2, 0) is 28.6 Å². The van der Waals surface area contributed by atoms with Gasteiger partial charge in [-0.2, -0.15) is 0 Å². The predicted octanol–water partition coefficient (Wildman–Crippen LogP) is -0.464. The largest absolute Gasteiger partial charge is 0.382 e. The van der Waals surface area contributed by atoms with Crippen LogP contribution in [0.5, 0.6) is 0 Å². The molecule has 0 saturated heterocycles. The molecule has 0 radical (unpaired) electrons. The van der Waals surface area contributed by atoms with Crippen molar-refractivity contribution in [1.82, 2.24) is 10.6 Å². The van der Waals surface area contributed by atoms with Gasteiger partial charge in [-0.15, -0.1) is 0 Å². The maximum atomic E-state index is 12.3. The number of nitrogens with one attached hydrogen (secondary N) is 2. The number of carbonyl (C=O) groups excluding carboxylic acids is 3. The molecule has 0 unspecified atom stereocenters. The summed E-state index contributed by atoms with van der Waals surface area (Å²) in [5.41, 5.74) is 4.53. The van der Waals surface area contributed by atoms with E-state index in [0.717, 1.165) is 0 Å². The SMILES string of the molecule is COCCOCOCCNC(=O)[C@@H](NC(=O)CCC(N)=O)C(C)(C)C. The van der Waals surface area contributed by atoms with E-state index in [1.54, 1.807) is 7.11 Å². The van der Waals surface area contributed by atoms with Crippen molar-refractivity contribution >= 4 is 17.7 Å². The van der Waals surface area contributed by atoms with Crippen LogP contribution in [0.2, 0.25) is 0 Å². The van der Waals surface area contributed by atoms with Gasteiger partial charge in [0.2, 0.25) is 17.7 Å². The van der Waals surface area contributed by atoms with E-state index in [2.05, 4.69) is 10.6 Å². The highest BCUT2D eigenvalue weighted by Gasteiger charge is 2.32. The predicted molar refractivity (Wildman–Crippen MR) is 91.5 cm³/mol. The number of ether oxygens (including phenoxy) is 3. The molecule has 25 heavy (non-hydrogen) atoms. The topological polar surface area (TPSA) is 129 Å². The Balaban J connectivity index is 4.20. The normalized spacial score (nSPS) is 12.5. The molecule has 0 aliphatic carbocycles. The molecule has 0 aliphatic heterocycles. The average Bonchev–Trinajstić information content (AvgIpc) is 2.51. The molecular weight excluding hydrogens is 330 g/mol.